The first-order valence-electron chi connectivity index (χ1n) is 6.77. The molecular formula is C17H19ClO. The molecule has 1 fully saturated rings. The van der Waals surface area contributed by atoms with Gasteiger partial charge in [-0.3, -0.25) is 0 Å². The third kappa shape index (κ3) is 4.42. The Morgan fingerprint density at radius 1 is 1.32 bits per heavy atom. The van der Waals surface area contributed by atoms with Crippen LogP contribution in [0.3, 0.4) is 0 Å². The van der Waals surface area contributed by atoms with Crippen LogP contribution in [0.25, 0.3) is 0 Å². The van der Waals surface area contributed by atoms with E-state index in [9.17, 15) is 5.11 Å². The number of aliphatic hydroxyl groups is 1. The van der Waals surface area contributed by atoms with E-state index in [0.717, 1.165) is 36.8 Å². The fourth-order valence-electron chi connectivity index (χ4n) is 2.48. The summed E-state index contributed by atoms with van der Waals surface area (Å²) in [5, 5.41) is 11.1. The van der Waals surface area contributed by atoms with Crippen molar-refractivity contribution in [3.63, 3.8) is 0 Å². The van der Waals surface area contributed by atoms with Gasteiger partial charge in [0.1, 0.15) is 0 Å². The van der Waals surface area contributed by atoms with Crippen LogP contribution in [-0.2, 0) is 0 Å². The van der Waals surface area contributed by atoms with E-state index in [0.29, 0.717) is 5.02 Å². The molecule has 0 bridgehead atoms. The lowest BCUT2D eigenvalue weighted by Crippen LogP contribution is -2.28. The molecule has 1 saturated carbocycles. The summed E-state index contributed by atoms with van der Waals surface area (Å²) >= 11 is 5.92. The van der Waals surface area contributed by atoms with Gasteiger partial charge in [-0.15, -0.1) is 0 Å². The number of hydrogen-bond acceptors (Lipinski definition) is 1. The highest BCUT2D eigenvalue weighted by molar-refractivity contribution is 6.30. The van der Waals surface area contributed by atoms with Crippen LogP contribution in [0.15, 0.2) is 35.9 Å². The molecule has 0 saturated heterocycles. The highest BCUT2D eigenvalue weighted by Gasteiger charge is 2.26. The standard InChI is InChI=1S/C17H19ClO/c1-14(13-17(19)10-3-2-4-11-17)8-9-15-6-5-7-16(18)12-15/h5-7,12-13,19H,2-4,10-11H2,1H3/b14-13+. The van der Waals surface area contributed by atoms with Gasteiger partial charge in [0.2, 0.25) is 0 Å². The fraction of sp³-hybridized carbons (Fsp3) is 0.412. The van der Waals surface area contributed by atoms with Gasteiger partial charge in [0.15, 0.2) is 0 Å². The Labute approximate surface area is 120 Å². The first-order valence-corrected chi connectivity index (χ1v) is 7.15. The third-order valence-corrected chi connectivity index (χ3v) is 3.67. The largest absolute Gasteiger partial charge is 0.386 e. The molecule has 1 N–H and O–H groups in total. The van der Waals surface area contributed by atoms with Gasteiger partial charge in [-0.2, -0.15) is 0 Å². The number of rotatable bonds is 1. The summed E-state index contributed by atoms with van der Waals surface area (Å²) in [5.74, 6) is 6.17. The molecule has 1 aromatic carbocycles. The van der Waals surface area contributed by atoms with Crippen molar-refractivity contribution in [2.75, 3.05) is 0 Å². The Hall–Kier alpha value is -1.23. The molecule has 0 aliphatic heterocycles. The molecule has 0 atom stereocenters. The van der Waals surface area contributed by atoms with Crippen molar-refractivity contribution in [1.82, 2.24) is 0 Å². The van der Waals surface area contributed by atoms with Gasteiger partial charge >= 0.3 is 0 Å². The molecule has 2 rings (SSSR count). The van der Waals surface area contributed by atoms with Crippen molar-refractivity contribution < 1.29 is 5.11 Å². The van der Waals surface area contributed by atoms with E-state index < -0.39 is 5.60 Å². The minimum atomic E-state index is -0.647. The lowest BCUT2D eigenvalue weighted by molar-refractivity contribution is 0.0508. The van der Waals surface area contributed by atoms with Crippen LogP contribution in [0.4, 0.5) is 0 Å². The summed E-state index contributed by atoms with van der Waals surface area (Å²) in [6, 6.07) is 7.50. The molecule has 1 aliphatic carbocycles. The van der Waals surface area contributed by atoms with Crippen LogP contribution in [0.1, 0.15) is 44.6 Å². The summed E-state index contributed by atoms with van der Waals surface area (Å²) in [6.07, 6.45) is 7.05. The average Bonchev–Trinajstić information content (AvgIpc) is 2.37. The Morgan fingerprint density at radius 2 is 2.05 bits per heavy atom. The van der Waals surface area contributed by atoms with Crippen molar-refractivity contribution in [2.45, 2.75) is 44.6 Å². The summed E-state index contributed by atoms with van der Waals surface area (Å²) in [4.78, 5) is 0. The van der Waals surface area contributed by atoms with Crippen LogP contribution < -0.4 is 0 Å². The van der Waals surface area contributed by atoms with E-state index >= 15 is 0 Å². The highest BCUT2D eigenvalue weighted by atomic mass is 35.5. The summed E-state index contributed by atoms with van der Waals surface area (Å²) in [7, 11) is 0. The maximum Gasteiger partial charge on any atom is 0.0839 e. The summed E-state index contributed by atoms with van der Waals surface area (Å²) in [5.41, 5.74) is 1.17. The molecule has 1 aliphatic rings. The van der Waals surface area contributed by atoms with Crippen LogP contribution >= 0.6 is 11.6 Å². The van der Waals surface area contributed by atoms with Gasteiger partial charge in [0.05, 0.1) is 5.60 Å². The molecule has 0 radical (unpaired) electrons. The second-order valence-electron chi connectivity index (χ2n) is 5.25. The predicted octanol–water partition coefficient (Wildman–Crippen LogP) is 4.33. The molecular weight excluding hydrogens is 256 g/mol. The highest BCUT2D eigenvalue weighted by Crippen LogP contribution is 2.29. The Balaban J connectivity index is 2.10. The molecule has 0 aromatic heterocycles. The molecule has 0 unspecified atom stereocenters. The Kier molecular flexibility index (Phi) is 4.69. The van der Waals surface area contributed by atoms with Crippen molar-refractivity contribution in [2.24, 2.45) is 0 Å². The monoisotopic (exact) mass is 274 g/mol. The zero-order valence-corrected chi connectivity index (χ0v) is 12.0. The Morgan fingerprint density at radius 3 is 2.74 bits per heavy atom. The van der Waals surface area contributed by atoms with Gasteiger partial charge in [-0.25, -0.2) is 0 Å². The summed E-state index contributed by atoms with van der Waals surface area (Å²) < 4.78 is 0. The van der Waals surface area contributed by atoms with E-state index in [-0.39, 0.29) is 0 Å². The Bertz CT molecular complexity index is 528. The quantitative estimate of drug-likeness (QED) is 0.756. The number of hydrogen-bond donors (Lipinski definition) is 1. The second-order valence-corrected chi connectivity index (χ2v) is 5.69. The lowest BCUT2D eigenvalue weighted by atomic mass is 9.84. The average molecular weight is 275 g/mol. The van der Waals surface area contributed by atoms with E-state index in [1.807, 2.05) is 37.3 Å². The minimum absolute atomic E-state index is 0.647. The van der Waals surface area contributed by atoms with Crippen LogP contribution in [-0.4, -0.2) is 10.7 Å². The van der Waals surface area contributed by atoms with Crippen LogP contribution in [0.2, 0.25) is 5.02 Å². The molecule has 0 spiro atoms. The number of allylic oxidation sites excluding steroid dienone is 1. The first kappa shape index (κ1) is 14.2. The van der Waals surface area contributed by atoms with E-state index in [2.05, 4.69) is 11.8 Å². The maximum absolute atomic E-state index is 10.4. The zero-order valence-electron chi connectivity index (χ0n) is 11.2. The zero-order chi connectivity index (χ0) is 13.7. The molecule has 100 valence electrons. The van der Waals surface area contributed by atoms with E-state index in [4.69, 9.17) is 11.6 Å². The SMILES string of the molecule is C/C(C#Cc1cccc(Cl)c1)=C\C1(O)CCCCC1. The van der Waals surface area contributed by atoms with Crippen molar-refractivity contribution >= 4 is 11.6 Å². The topological polar surface area (TPSA) is 20.2 Å². The predicted molar refractivity (Wildman–Crippen MR) is 80.1 cm³/mol. The molecule has 1 aromatic rings. The molecule has 0 heterocycles. The molecule has 0 amide bonds. The number of benzene rings is 1. The van der Waals surface area contributed by atoms with Crippen LogP contribution in [0, 0.1) is 11.8 Å². The lowest BCUT2D eigenvalue weighted by Gasteiger charge is -2.29. The van der Waals surface area contributed by atoms with Gasteiger partial charge in [0, 0.05) is 10.6 Å². The number of halogens is 1. The van der Waals surface area contributed by atoms with E-state index in [1.54, 1.807) is 0 Å². The van der Waals surface area contributed by atoms with Gasteiger partial charge in [-0.1, -0.05) is 48.8 Å². The summed E-state index contributed by atoms with van der Waals surface area (Å²) in [6.45, 7) is 1.95. The minimum Gasteiger partial charge on any atom is -0.386 e. The van der Waals surface area contributed by atoms with E-state index in [1.165, 1.54) is 6.42 Å². The van der Waals surface area contributed by atoms with Crippen molar-refractivity contribution in [1.29, 1.82) is 0 Å². The molecule has 2 heteroatoms. The molecule has 1 nitrogen and oxygen atoms in total. The van der Waals surface area contributed by atoms with Gasteiger partial charge in [0.25, 0.3) is 0 Å². The first-order chi connectivity index (χ1) is 9.07. The maximum atomic E-state index is 10.4. The smallest absolute Gasteiger partial charge is 0.0839 e. The fourth-order valence-corrected chi connectivity index (χ4v) is 2.67. The van der Waals surface area contributed by atoms with Gasteiger partial charge < -0.3 is 5.11 Å². The normalized spacial score (nSPS) is 18.6. The van der Waals surface area contributed by atoms with Crippen molar-refractivity contribution in [3.05, 3.63) is 46.5 Å². The van der Waals surface area contributed by atoms with Crippen LogP contribution in [0.5, 0.6) is 0 Å². The third-order valence-electron chi connectivity index (χ3n) is 3.43. The van der Waals surface area contributed by atoms with Crippen molar-refractivity contribution in [3.8, 4) is 11.8 Å². The van der Waals surface area contributed by atoms with Gasteiger partial charge in [-0.05, 0) is 49.6 Å². The second kappa shape index (κ2) is 6.28. The molecule has 19 heavy (non-hydrogen) atoms.